The van der Waals surface area contributed by atoms with Crippen LogP contribution in [0.15, 0.2) is 36.5 Å². The maximum absolute atomic E-state index is 12.5. The highest BCUT2D eigenvalue weighted by atomic mass is 16.5. The largest absolute Gasteiger partial charge is 0.466 e. The van der Waals surface area contributed by atoms with Crippen LogP contribution >= 0.6 is 0 Å². The maximum atomic E-state index is 12.5. The number of rotatable bonds is 69. The van der Waals surface area contributed by atoms with Gasteiger partial charge in [0.15, 0.2) is 0 Å². The highest BCUT2D eigenvalue weighted by molar-refractivity contribution is 5.76. The fourth-order valence-corrected chi connectivity index (χ4v) is 11.6. The summed E-state index contributed by atoms with van der Waals surface area (Å²) in [5, 5.41) is 23.1. The number of unbranched alkanes of at least 4 members (excludes halogenated alkanes) is 54. The zero-order valence-electron chi connectivity index (χ0n) is 54.8. The van der Waals surface area contributed by atoms with Crippen LogP contribution in [0.3, 0.4) is 0 Å². The number of carbonyl (C=O) groups excluding carboxylic acids is 2. The molecule has 3 N–H and O–H groups in total. The van der Waals surface area contributed by atoms with Gasteiger partial charge in [-0.3, -0.25) is 9.59 Å². The molecule has 0 saturated heterocycles. The molecule has 0 saturated carbocycles. The quantitative estimate of drug-likeness (QED) is 0.0320. The standard InChI is InChI=1S/C75H143NO5/c1-3-5-7-9-11-13-15-17-18-19-35-39-42-45-49-53-57-61-65-69-75(80)81-70-66-62-58-54-50-46-43-40-37-34-32-30-28-26-24-22-20-21-23-25-27-29-31-33-36-38-41-44-48-52-56-60-64-68-74(79)76-72(71-77)73(78)67-63-59-55-51-47-16-14-12-10-8-6-4-2/h24,26,30,32,63,67,72-73,77-78H,3-23,25,27-29,31,33-62,64-66,68-71H2,1-2H3,(H,76,79)/b26-24-,32-30-,67-63+. The van der Waals surface area contributed by atoms with Gasteiger partial charge in [-0.15, -0.1) is 0 Å². The molecule has 2 atom stereocenters. The zero-order valence-corrected chi connectivity index (χ0v) is 54.8. The smallest absolute Gasteiger partial charge is 0.305 e. The van der Waals surface area contributed by atoms with Crippen molar-refractivity contribution in [3.05, 3.63) is 36.5 Å². The number of nitrogens with one attached hydrogen (secondary N) is 1. The van der Waals surface area contributed by atoms with Crippen LogP contribution in [0.1, 0.15) is 406 Å². The number of esters is 1. The fourth-order valence-electron chi connectivity index (χ4n) is 11.6. The van der Waals surface area contributed by atoms with Gasteiger partial charge in [-0.05, 0) is 64.2 Å². The molecule has 0 heterocycles. The lowest BCUT2D eigenvalue weighted by molar-refractivity contribution is -0.143. The molecule has 478 valence electrons. The first-order valence-corrected chi connectivity index (χ1v) is 36.8. The molecule has 0 aliphatic heterocycles. The van der Waals surface area contributed by atoms with Gasteiger partial charge < -0.3 is 20.3 Å². The molecule has 6 nitrogen and oxygen atoms in total. The van der Waals surface area contributed by atoms with E-state index in [2.05, 4.69) is 43.5 Å². The van der Waals surface area contributed by atoms with E-state index in [0.29, 0.717) is 19.4 Å². The Morgan fingerprint density at radius 2 is 0.617 bits per heavy atom. The maximum Gasteiger partial charge on any atom is 0.305 e. The lowest BCUT2D eigenvalue weighted by Crippen LogP contribution is -2.45. The molecule has 0 fully saturated rings. The van der Waals surface area contributed by atoms with Crippen molar-refractivity contribution in [2.45, 2.75) is 418 Å². The third-order valence-corrected chi connectivity index (χ3v) is 17.2. The lowest BCUT2D eigenvalue weighted by Gasteiger charge is -2.20. The summed E-state index contributed by atoms with van der Waals surface area (Å²) in [6.45, 7) is 4.93. The highest BCUT2D eigenvalue weighted by Gasteiger charge is 2.18. The molecule has 0 aliphatic carbocycles. The van der Waals surface area contributed by atoms with Crippen LogP contribution in [-0.2, 0) is 14.3 Å². The molecule has 0 bridgehead atoms. The van der Waals surface area contributed by atoms with Gasteiger partial charge in [0.25, 0.3) is 0 Å². The predicted molar refractivity (Wildman–Crippen MR) is 356 cm³/mol. The van der Waals surface area contributed by atoms with Gasteiger partial charge in [0, 0.05) is 12.8 Å². The van der Waals surface area contributed by atoms with Crippen LogP contribution in [0.2, 0.25) is 0 Å². The van der Waals surface area contributed by atoms with E-state index in [0.717, 1.165) is 44.9 Å². The van der Waals surface area contributed by atoms with Crippen LogP contribution in [0.5, 0.6) is 0 Å². The summed E-state index contributed by atoms with van der Waals surface area (Å²) in [7, 11) is 0. The van der Waals surface area contributed by atoms with Crippen molar-refractivity contribution in [3.8, 4) is 0 Å². The first-order valence-electron chi connectivity index (χ1n) is 36.8. The number of amides is 1. The van der Waals surface area contributed by atoms with Crippen molar-refractivity contribution < 1.29 is 24.5 Å². The van der Waals surface area contributed by atoms with Crippen molar-refractivity contribution >= 4 is 11.9 Å². The number of aliphatic hydroxyl groups is 2. The molecule has 81 heavy (non-hydrogen) atoms. The third kappa shape index (κ3) is 67.1. The van der Waals surface area contributed by atoms with Crippen LogP contribution < -0.4 is 5.32 Å². The number of allylic oxidation sites excluding steroid dienone is 5. The minimum absolute atomic E-state index is 0.0192. The molecule has 6 heteroatoms. The third-order valence-electron chi connectivity index (χ3n) is 17.2. The Balaban J connectivity index is 3.36. The first kappa shape index (κ1) is 79.1. The summed E-state index contributed by atoms with van der Waals surface area (Å²) < 4.78 is 5.51. The topological polar surface area (TPSA) is 95.9 Å². The zero-order chi connectivity index (χ0) is 58.5. The van der Waals surface area contributed by atoms with E-state index in [-0.39, 0.29) is 18.5 Å². The average Bonchev–Trinajstić information content (AvgIpc) is 3.47. The first-order chi connectivity index (χ1) is 40.0. The second kappa shape index (κ2) is 70.6. The highest BCUT2D eigenvalue weighted by Crippen LogP contribution is 2.19. The molecule has 0 aromatic heterocycles. The summed E-state index contributed by atoms with van der Waals surface area (Å²) >= 11 is 0. The summed E-state index contributed by atoms with van der Waals surface area (Å²) in [5.41, 5.74) is 0. The van der Waals surface area contributed by atoms with Gasteiger partial charge in [0.1, 0.15) is 0 Å². The van der Waals surface area contributed by atoms with Crippen molar-refractivity contribution in [3.63, 3.8) is 0 Å². The van der Waals surface area contributed by atoms with Gasteiger partial charge in [0.2, 0.25) is 5.91 Å². The van der Waals surface area contributed by atoms with Crippen molar-refractivity contribution in [2.75, 3.05) is 13.2 Å². The Kier molecular flexibility index (Phi) is 68.9. The Hall–Kier alpha value is -1.92. The average molecular weight is 1140 g/mol. The van der Waals surface area contributed by atoms with E-state index >= 15 is 0 Å². The fraction of sp³-hybridized carbons (Fsp3) is 0.893. The molecule has 0 radical (unpaired) electrons. The Morgan fingerprint density at radius 3 is 0.938 bits per heavy atom. The van der Waals surface area contributed by atoms with E-state index in [1.165, 1.54) is 334 Å². The molecule has 0 aliphatic rings. The van der Waals surface area contributed by atoms with E-state index < -0.39 is 12.1 Å². The van der Waals surface area contributed by atoms with Crippen LogP contribution in [0.25, 0.3) is 0 Å². The molecule has 2 unspecified atom stereocenters. The number of hydrogen-bond donors (Lipinski definition) is 3. The van der Waals surface area contributed by atoms with Gasteiger partial charge in [0.05, 0.1) is 25.4 Å². The van der Waals surface area contributed by atoms with E-state index in [4.69, 9.17) is 4.74 Å². The molecule has 1 amide bonds. The van der Waals surface area contributed by atoms with Crippen LogP contribution in [0.4, 0.5) is 0 Å². The van der Waals surface area contributed by atoms with Gasteiger partial charge in [-0.2, -0.15) is 0 Å². The number of hydrogen-bond acceptors (Lipinski definition) is 5. The minimum Gasteiger partial charge on any atom is -0.466 e. The summed E-state index contributed by atoms with van der Waals surface area (Å²) in [4.78, 5) is 24.6. The van der Waals surface area contributed by atoms with Crippen molar-refractivity contribution in [1.29, 1.82) is 0 Å². The molecule has 0 aromatic rings. The molecule has 0 rings (SSSR count). The summed E-state index contributed by atoms with van der Waals surface area (Å²) in [6, 6.07) is -0.625. The Bertz CT molecular complexity index is 1310. The number of ether oxygens (including phenoxy) is 1. The monoisotopic (exact) mass is 1140 g/mol. The van der Waals surface area contributed by atoms with Gasteiger partial charge >= 0.3 is 5.97 Å². The minimum atomic E-state index is -0.842. The van der Waals surface area contributed by atoms with Crippen molar-refractivity contribution in [2.24, 2.45) is 0 Å². The second-order valence-electron chi connectivity index (χ2n) is 25.3. The van der Waals surface area contributed by atoms with Gasteiger partial charge in [-0.25, -0.2) is 0 Å². The Morgan fingerprint density at radius 1 is 0.346 bits per heavy atom. The van der Waals surface area contributed by atoms with Crippen LogP contribution in [-0.4, -0.2) is 47.4 Å². The normalized spacial score (nSPS) is 12.7. The van der Waals surface area contributed by atoms with E-state index in [9.17, 15) is 19.8 Å². The van der Waals surface area contributed by atoms with E-state index in [1.54, 1.807) is 6.08 Å². The van der Waals surface area contributed by atoms with E-state index in [1.807, 2.05) is 6.08 Å². The predicted octanol–water partition coefficient (Wildman–Crippen LogP) is 23.9. The molecule has 0 spiro atoms. The lowest BCUT2D eigenvalue weighted by atomic mass is 10.0. The number of carbonyl (C=O) groups is 2. The molecule has 0 aromatic carbocycles. The number of aliphatic hydroxyl groups excluding tert-OH is 2. The molecular formula is C75H143NO5. The SMILES string of the molecule is CCCCCCCCCCCC/C=C/C(O)C(CO)NC(=O)CCCCCCCCCCCCCCCCCCC/C=C\C/C=C\CCCCCCCCCCCOC(=O)CCCCCCCCCCCCCCCCCCCCC. The summed E-state index contributed by atoms with van der Waals surface area (Å²) in [6.07, 6.45) is 91.1. The summed E-state index contributed by atoms with van der Waals surface area (Å²) in [5.74, 6) is -0.0461. The van der Waals surface area contributed by atoms with Crippen molar-refractivity contribution in [1.82, 2.24) is 5.32 Å². The van der Waals surface area contributed by atoms with Crippen LogP contribution in [0, 0.1) is 0 Å². The van der Waals surface area contributed by atoms with Gasteiger partial charge in [-0.1, -0.05) is 365 Å². The second-order valence-corrected chi connectivity index (χ2v) is 25.3. The molecular weight excluding hydrogens is 995 g/mol. The Labute approximate surface area is 506 Å².